The molecule has 0 atom stereocenters. The monoisotopic (exact) mass is 150 g/mol. The first-order chi connectivity index (χ1) is 4.15. The summed E-state index contributed by atoms with van der Waals surface area (Å²) in [6.45, 7) is 3.25. The first-order valence-electron chi connectivity index (χ1n) is 2.95. The molecule has 0 spiro atoms. The zero-order valence-electron chi connectivity index (χ0n) is 5.92. The van der Waals surface area contributed by atoms with Crippen LogP contribution in [0.1, 0.15) is 26.7 Å². The molecular weight excluding hydrogens is 136 g/mol. The lowest BCUT2D eigenvalue weighted by molar-refractivity contribution is -0.134. The first kappa shape index (κ1) is 11.6. The van der Waals surface area contributed by atoms with Gasteiger partial charge in [0.05, 0.1) is 0 Å². The fourth-order valence-corrected chi connectivity index (χ4v) is 0.474. The van der Waals surface area contributed by atoms with Crippen LogP contribution in [0.3, 0.4) is 0 Å². The fourth-order valence-electron chi connectivity index (χ4n) is 0.158. The quantitative estimate of drug-likeness (QED) is 0.589. The Kier molecular flexibility index (Phi) is 13.8. The standard InChI is InChI=1S/C4H10S.C2H4O2/c1-2-3-4-5;1-2(3)4/h5H,2-4H2,1H3;1H3,(H,3,4). The Morgan fingerprint density at radius 1 is 1.67 bits per heavy atom. The van der Waals surface area contributed by atoms with E-state index in [9.17, 15) is 0 Å². The molecule has 3 heteroatoms. The highest BCUT2D eigenvalue weighted by Crippen LogP contribution is 1.85. The van der Waals surface area contributed by atoms with Crippen molar-refractivity contribution in [2.75, 3.05) is 5.75 Å². The lowest BCUT2D eigenvalue weighted by Gasteiger charge is -1.78. The number of carboxylic acids is 1. The molecule has 0 saturated carbocycles. The number of rotatable bonds is 2. The number of hydrogen-bond acceptors (Lipinski definition) is 2. The molecule has 0 aromatic heterocycles. The van der Waals surface area contributed by atoms with Crippen molar-refractivity contribution >= 4 is 18.6 Å². The van der Waals surface area contributed by atoms with Crippen molar-refractivity contribution in [3.8, 4) is 0 Å². The molecule has 0 aromatic carbocycles. The molecule has 0 radical (unpaired) electrons. The van der Waals surface area contributed by atoms with E-state index in [0.717, 1.165) is 12.7 Å². The van der Waals surface area contributed by atoms with Crippen LogP contribution in [0.25, 0.3) is 0 Å². The van der Waals surface area contributed by atoms with E-state index in [1.54, 1.807) is 0 Å². The third-order valence-electron chi connectivity index (χ3n) is 0.512. The molecule has 9 heavy (non-hydrogen) atoms. The van der Waals surface area contributed by atoms with Crippen molar-refractivity contribution in [1.82, 2.24) is 0 Å². The minimum absolute atomic E-state index is 0.833. The summed E-state index contributed by atoms with van der Waals surface area (Å²) in [4.78, 5) is 9.00. The molecule has 56 valence electrons. The number of thiol groups is 1. The number of hydrogen-bond donors (Lipinski definition) is 2. The molecular formula is C6H14O2S. The fraction of sp³-hybridized carbons (Fsp3) is 0.833. The van der Waals surface area contributed by atoms with Crippen LogP contribution < -0.4 is 0 Å². The topological polar surface area (TPSA) is 37.3 Å². The van der Waals surface area contributed by atoms with E-state index >= 15 is 0 Å². The first-order valence-corrected chi connectivity index (χ1v) is 3.58. The van der Waals surface area contributed by atoms with Gasteiger partial charge in [-0.25, -0.2) is 0 Å². The zero-order chi connectivity index (χ0) is 7.70. The van der Waals surface area contributed by atoms with Crippen molar-refractivity contribution in [3.63, 3.8) is 0 Å². The van der Waals surface area contributed by atoms with Gasteiger partial charge in [-0.1, -0.05) is 13.3 Å². The van der Waals surface area contributed by atoms with Crippen LogP contribution in [0, 0.1) is 0 Å². The average Bonchev–Trinajstić information content (AvgIpc) is 1.66. The summed E-state index contributed by atoms with van der Waals surface area (Å²) >= 11 is 4.00. The van der Waals surface area contributed by atoms with Gasteiger partial charge in [-0.15, -0.1) is 0 Å². The molecule has 0 saturated heterocycles. The summed E-state index contributed by atoms with van der Waals surface area (Å²) < 4.78 is 0. The van der Waals surface area contributed by atoms with Gasteiger partial charge in [0.15, 0.2) is 0 Å². The summed E-state index contributed by atoms with van der Waals surface area (Å²) in [7, 11) is 0. The van der Waals surface area contributed by atoms with Gasteiger partial charge in [-0.2, -0.15) is 12.6 Å². The molecule has 1 N–H and O–H groups in total. The Morgan fingerprint density at radius 3 is 2.00 bits per heavy atom. The van der Waals surface area contributed by atoms with E-state index in [4.69, 9.17) is 9.90 Å². The minimum Gasteiger partial charge on any atom is -0.481 e. The Hall–Kier alpha value is -0.180. The number of aliphatic carboxylic acids is 1. The van der Waals surface area contributed by atoms with Crippen LogP contribution in [0.15, 0.2) is 0 Å². The van der Waals surface area contributed by atoms with Crippen molar-refractivity contribution in [1.29, 1.82) is 0 Å². The van der Waals surface area contributed by atoms with Gasteiger partial charge >= 0.3 is 0 Å². The van der Waals surface area contributed by atoms with E-state index in [1.165, 1.54) is 12.8 Å². The normalized spacial score (nSPS) is 7.44. The molecule has 0 unspecified atom stereocenters. The van der Waals surface area contributed by atoms with E-state index in [1.807, 2.05) is 0 Å². The maximum absolute atomic E-state index is 9.00. The number of carboxylic acid groups (broad SMARTS) is 1. The molecule has 0 bridgehead atoms. The van der Waals surface area contributed by atoms with E-state index in [0.29, 0.717) is 0 Å². The predicted octanol–water partition coefficient (Wildman–Crippen LogP) is 1.81. The Labute approximate surface area is 61.7 Å². The van der Waals surface area contributed by atoms with Crippen molar-refractivity contribution < 1.29 is 9.90 Å². The molecule has 0 rings (SSSR count). The Balaban J connectivity index is 0. The zero-order valence-corrected chi connectivity index (χ0v) is 6.82. The summed E-state index contributed by atoms with van der Waals surface area (Å²) in [6, 6.07) is 0. The summed E-state index contributed by atoms with van der Waals surface area (Å²) in [5.74, 6) is 0.205. The Bertz CT molecular complexity index is 58.1. The highest BCUT2D eigenvalue weighted by atomic mass is 32.1. The smallest absolute Gasteiger partial charge is 0.300 e. The third-order valence-corrected chi connectivity index (χ3v) is 0.828. The average molecular weight is 150 g/mol. The van der Waals surface area contributed by atoms with Gasteiger partial charge in [0.2, 0.25) is 0 Å². The van der Waals surface area contributed by atoms with Crippen LogP contribution in [0.5, 0.6) is 0 Å². The molecule has 0 aliphatic rings. The third kappa shape index (κ3) is 80.0. The second kappa shape index (κ2) is 10.7. The number of unbranched alkanes of at least 4 members (excludes halogenated alkanes) is 1. The molecule has 0 amide bonds. The van der Waals surface area contributed by atoms with Crippen LogP contribution >= 0.6 is 12.6 Å². The maximum atomic E-state index is 9.00. The molecule has 0 aliphatic heterocycles. The predicted molar refractivity (Wildman–Crippen MR) is 42.1 cm³/mol. The molecule has 0 heterocycles. The molecule has 0 fully saturated rings. The van der Waals surface area contributed by atoms with E-state index in [-0.39, 0.29) is 0 Å². The van der Waals surface area contributed by atoms with Gasteiger partial charge < -0.3 is 5.11 Å². The van der Waals surface area contributed by atoms with Crippen LogP contribution in [0.2, 0.25) is 0 Å². The maximum Gasteiger partial charge on any atom is 0.300 e. The van der Waals surface area contributed by atoms with Gasteiger partial charge in [-0.05, 0) is 12.2 Å². The SMILES string of the molecule is CC(=O)O.CCCCS. The lowest BCUT2D eigenvalue weighted by Crippen LogP contribution is -1.78. The second-order valence-corrected chi connectivity index (χ2v) is 2.04. The van der Waals surface area contributed by atoms with E-state index in [2.05, 4.69) is 19.6 Å². The summed E-state index contributed by atoms with van der Waals surface area (Å²) in [5.41, 5.74) is 0. The molecule has 0 aliphatic carbocycles. The minimum atomic E-state index is -0.833. The number of carbonyl (C=O) groups is 1. The van der Waals surface area contributed by atoms with Gasteiger partial charge in [0.1, 0.15) is 0 Å². The van der Waals surface area contributed by atoms with Crippen LogP contribution in [-0.4, -0.2) is 16.8 Å². The summed E-state index contributed by atoms with van der Waals surface area (Å²) in [6.07, 6.45) is 2.52. The highest BCUT2D eigenvalue weighted by Gasteiger charge is 1.68. The van der Waals surface area contributed by atoms with Crippen LogP contribution in [0.4, 0.5) is 0 Å². The second-order valence-electron chi connectivity index (χ2n) is 1.60. The van der Waals surface area contributed by atoms with Gasteiger partial charge in [0, 0.05) is 6.92 Å². The lowest BCUT2D eigenvalue weighted by atomic mass is 10.4. The van der Waals surface area contributed by atoms with Crippen molar-refractivity contribution in [2.45, 2.75) is 26.7 Å². The van der Waals surface area contributed by atoms with Gasteiger partial charge in [-0.3, -0.25) is 4.79 Å². The molecule has 2 nitrogen and oxygen atoms in total. The van der Waals surface area contributed by atoms with Crippen molar-refractivity contribution in [3.05, 3.63) is 0 Å². The Morgan fingerprint density at radius 2 is 2.00 bits per heavy atom. The molecule has 0 aromatic rings. The van der Waals surface area contributed by atoms with E-state index < -0.39 is 5.97 Å². The summed E-state index contributed by atoms with van der Waals surface area (Å²) in [5, 5.41) is 7.42. The van der Waals surface area contributed by atoms with Gasteiger partial charge in [0.25, 0.3) is 5.97 Å². The van der Waals surface area contributed by atoms with Crippen LogP contribution in [-0.2, 0) is 4.79 Å². The highest BCUT2D eigenvalue weighted by molar-refractivity contribution is 7.80. The largest absolute Gasteiger partial charge is 0.481 e. The van der Waals surface area contributed by atoms with Crippen molar-refractivity contribution in [2.24, 2.45) is 0 Å².